The largest absolute Gasteiger partial charge is 0.467 e. The number of likely N-dealkylation sites (tertiary alicyclic amines) is 1. The number of carbonyl (C=O) groups excluding carboxylic acids is 1. The van der Waals surface area contributed by atoms with Crippen LogP contribution in [0.2, 0.25) is 0 Å². The molecule has 2 aromatic carbocycles. The Morgan fingerprint density at radius 2 is 1.36 bits per heavy atom. The molecule has 0 atom stereocenters. The fourth-order valence-corrected chi connectivity index (χ4v) is 3.46. The molecular weight excluding hydrogens is 274 g/mol. The van der Waals surface area contributed by atoms with E-state index in [9.17, 15) is 4.79 Å². The molecule has 114 valence electrons. The van der Waals surface area contributed by atoms with Crippen LogP contribution in [0.1, 0.15) is 24.0 Å². The highest BCUT2D eigenvalue weighted by Crippen LogP contribution is 2.39. The molecular formula is C19H21NO2. The smallest absolute Gasteiger partial charge is 0.335 e. The highest BCUT2D eigenvalue weighted by molar-refractivity contribution is 5.87. The molecule has 0 aliphatic carbocycles. The summed E-state index contributed by atoms with van der Waals surface area (Å²) in [5.74, 6) is -0.216. The molecule has 3 rings (SSSR count). The first-order valence-electron chi connectivity index (χ1n) is 7.74. The van der Waals surface area contributed by atoms with E-state index in [0.717, 1.165) is 37.1 Å². The average Bonchev–Trinajstić information content (AvgIpc) is 3.12. The Balaban J connectivity index is 2.25. The van der Waals surface area contributed by atoms with Gasteiger partial charge in [0.1, 0.15) is 0 Å². The van der Waals surface area contributed by atoms with Crippen LogP contribution in [0.15, 0.2) is 60.7 Å². The van der Waals surface area contributed by atoms with Gasteiger partial charge in [-0.1, -0.05) is 60.7 Å². The van der Waals surface area contributed by atoms with Crippen LogP contribution in [0, 0.1) is 0 Å². The van der Waals surface area contributed by atoms with E-state index in [1.54, 1.807) is 0 Å². The normalized spacial score (nSPS) is 15.7. The van der Waals surface area contributed by atoms with Crippen LogP contribution in [-0.4, -0.2) is 31.1 Å². The molecule has 1 aliphatic rings. The van der Waals surface area contributed by atoms with Gasteiger partial charge in [-0.2, -0.15) is 0 Å². The van der Waals surface area contributed by atoms with E-state index in [2.05, 4.69) is 4.90 Å². The van der Waals surface area contributed by atoms with E-state index in [-0.39, 0.29) is 5.97 Å². The molecule has 3 heteroatoms. The summed E-state index contributed by atoms with van der Waals surface area (Å²) in [5, 5.41) is 0. The van der Waals surface area contributed by atoms with Gasteiger partial charge in [-0.15, -0.1) is 0 Å². The van der Waals surface area contributed by atoms with Crippen molar-refractivity contribution < 1.29 is 9.53 Å². The van der Waals surface area contributed by atoms with Crippen molar-refractivity contribution in [1.82, 2.24) is 4.90 Å². The van der Waals surface area contributed by atoms with Crippen LogP contribution in [0.5, 0.6) is 0 Å². The van der Waals surface area contributed by atoms with Gasteiger partial charge in [0.15, 0.2) is 5.54 Å². The van der Waals surface area contributed by atoms with Crippen molar-refractivity contribution >= 4 is 5.97 Å². The Hall–Kier alpha value is -2.13. The molecule has 1 heterocycles. The molecule has 0 amide bonds. The van der Waals surface area contributed by atoms with Crippen LogP contribution < -0.4 is 0 Å². The number of ether oxygens (including phenoxy) is 1. The number of nitrogens with zero attached hydrogens (tertiary/aromatic N) is 1. The van der Waals surface area contributed by atoms with Gasteiger partial charge in [0.25, 0.3) is 0 Å². The lowest BCUT2D eigenvalue weighted by atomic mass is 9.81. The lowest BCUT2D eigenvalue weighted by Gasteiger charge is -2.40. The summed E-state index contributed by atoms with van der Waals surface area (Å²) in [6.45, 7) is 1.80. The maximum Gasteiger partial charge on any atom is 0.335 e. The monoisotopic (exact) mass is 295 g/mol. The summed E-state index contributed by atoms with van der Waals surface area (Å²) in [4.78, 5) is 15.2. The Morgan fingerprint density at radius 1 is 0.909 bits per heavy atom. The topological polar surface area (TPSA) is 29.5 Å². The molecule has 2 aromatic rings. The molecule has 1 saturated heterocycles. The molecule has 0 saturated carbocycles. The molecule has 22 heavy (non-hydrogen) atoms. The molecule has 0 unspecified atom stereocenters. The first-order chi connectivity index (χ1) is 10.8. The molecule has 1 aliphatic heterocycles. The second-order valence-corrected chi connectivity index (χ2v) is 5.63. The van der Waals surface area contributed by atoms with Gasteiger partial charge in [0.2, 0.25) is 0 Å². The van der Waals surface area contributed by atoms with E-state index < -0.39 is 5.54 Å². The molecule has 3 nitrogen and oxygen atoms in total. The molecule has 0 spiro atoms. The van der Waals surface area contributed by atoms with E-state index >= 15 is 0 Å². The summed E-state index contributed by atoms with van der Waals surface area (Å²) in [7, 11) is 1.47. The maximum atomic E-state index is 13.0. The Morgan fingerprint density at radius 3 is 1.77 bits per heavy atom. The minimum atomic E-state index is -0.853. The second-order valence-electron chi connectivity index (χ2n) is 5.63. The van der Waals surface area contributed by atoms with Crippen molar-refractivity contribution in [2.24, 2.45) is 0 Å². The number of hydrogen-bond donors (Lipinski definition) is 0. The van der Waals surface area contributed by atoms with Crippen molar-refractivity contribution in [2.75, 3.05) is 20.2 Å². The fraction of sp³-hybridized carbons (Fsp3) is 0.316. The number of methoxy groups -OCH3 is 1. The van der Waals surface area contributed by atoms with E-state index in [1.807, 2.05) is 60.7 Å². The zero-order valence-electron chi connectivity index (χ0n) is 12.9. The van der Waals surface area contributed by atoms with Crippen LogP contribution in [0.25, 0.3) is 0 Å². The van der Waals surface area contributed by atoms with E-state index in [0.29, 0.717) is 0 Å². The summed E-state index contributed by atoms with van der Waals surface area (Å²) in [6, 6.07) is 19.9. The first kappa shape index (κ1) is 14.8. The Labute approximate surface area is 131 Å². The van der Waals surface area contributed by atoms with Crippen LogP contribution >= 0.6 is 0 Å². The van der Waals surface area contributed by atoms with Crippen molar-refractivity contribution in [1.29, 1.82) is 0 Å². The lowest BCUT2D eigenvalue weighted by molar-refractivity contribution is -0.152. The van der Waals surface area contributed by atoms with Gasteiger partial charge in [0, 0.05) is 0 Å². The van der Waals surface area contributed by atoms with E-state index in [1.165, 1.54) is 7.11 Å². The minimum Gasteiger partial charge on any atom is -0.467 e. The summed E-state index contributed by atoms with van der Waals surface area (Å²) in [5.41, 5.74) is 1.08. The molecule has 0 radical (unpaired) electrons. The SMILES string of the molecule is COC(=O)C(c1ccccc1)(c1ccccc1)N1CCCC1. The third-order valence-electron chi connectivity index (χ3n) is 4.44. The third-order valence-corrected chi connectivity index (χ3v) is 4.44. The number of esters is 1. The van der Waals surface area contributed by atoms with Gasteiger partial charge in [-0.3, -0.25) is 4.90 Å². The van der Waals surface area contributed by atoms with Crippen LogP contribution in [0.4, 0.5) is 0 Å². The minimum absolute atomic E-state index is 0.216. The maximum absolute atomic E-state index is 13.0. The summed E-state index contributed by atoms with van der Waals surface area (Å²) < 4.78 is 5.26. The average molecular weight is 295 g/mol. The van der Waals surface area contributed by atoms with Gasteiger partial charge in [-0.05, 0) is 37.1 Å². The summed E-state index contributed by atoms with van der Waals surface area (Å²) in [6.07, 6.45) is 2.22. The Bertz CT molecular complexity index is 579. The zero-order valence-corrected chi connectivity index (χ0v) is 12.9. The number of hydrogen-bond acceptors (Lipinski definition) is 3. The lowest BCUT2D eigenvalue weighted by Crippen LogP contribution is -2.52. The van der Waals surface area contributed by atoms with Gasteiger partial charge in [-0.25, -0.2) is 4.79 Å². The summed E-state index contributed by atoms with van der Waals surface area (Å²) >= 11 is 0. The zero-order chi connectivity index (χ0) is 15.4. The second kappa shape index (κ2) is 6.32. The molecule has 1 fully saturated rings. The molecule has 0 N–H and O–H groups in total. The van der Waals surface area contributed by atoms with Crippen molar-refractivity contribution in [2.45, 2.75) is 18.4 Å². The van der Waals surface area contributed by atoms with Crippen LogP contribution in [0.3, 0.4) is 0 Å². The van der Waals surface area contributed by atoms with Crippen molar-refractivity contribution in [3.8, 4) is 0 Å². The van der Waals surface area contributed by atoms with Crippen molar-refractivity contribution in [3.63, 3.8) is 0 Å². The fourth-order valence-electron chi connectivity index (χ4n) is 3.46. The van der Waals surface area contributed by atoms with Crippen LogP contribution in [-0.2, 0) is 15.1 Å². The number of rotatable bonds is 4. The Kier molecular flexibility index (Phi) is 4.25. The third kappa shape index (κ3) is 2.32. The van der Waals surface area contributed by atoms with E-state index in [4.69, 9.17) is 4.74 Å². The standard InChI is InChI=1S/C19H21NO2/c1-22-18(21)19(20-14-8-9-15-20,16-10-4-2-5-11-16)17-12-6-3-7-13-17/h2-7,10-13H,8-9,14-15H2,1H3. The molecule has 0 bridgehead atoms. The number of benzene rings is 2. The quantitative estimate of drug-likeness (QED) is 0.811. The van der Waals surface area contributed by atoms with Gasteiger partial charge in [0.05, 0.1) is 7.11 Å². The number of carbonyl (C=O) groups is 1. The highest BCUT2D eigenvalue weighted by Gasteiger charge is 2.49. The first-order valence-corrected chi connectivity index (χ1v) is 7.74. The van der Waals surface area contributed by atoms with Gasteiger partial charge >= 0.3 is 5.97 Å². The molecule has 0 aromatic heterocycles. The van der Waals surface area contributed by atoms with Crippen molar-refractivity contribution in [3.05, 3.63) is 71.8 Å². The predicted molar refractivity (Wildman–Crippen MR) is 86.5 cm³/mol. The highest BCUT2D eigenvalue weighted by atomic mass is 16.5. The predicted octanol–water partition coefficient (Wildman–Crippen LogP) is 3.20. The van der Waals surface area contributed by atoms with Gasteiger partial charge < -0.3 is 4.74 Å².